The molecule has 6 nitrogen and oxygen atoms in total. The monoisotopic (exact) mass is 456 g/mol. The first-order chi connectivity index (χ1) is 15.6. The number of para-hydroxylation sites is 1. The molecule has 1 aliphatic heterocycles. The van der Waals surface area contributed by atoms with Gasteiger partial charge in [0.15, 0.2) is 5.69 Å². The molecular formula is C24H23F3N4O2. The van der Waals surface area contributed by atoms with E-state index in [1.165, 1.54) is 28.4 Å². The van der Waals surface area contributed by atoms with E-state index in [4.69, 9.17) is 0 Å². The van der Waals surface area contributed by atoms with Crippen molar-refractivity contribution in [2.24, 2.45) is 0 Å². The third-order valence-electron chi connectivity index (χ3n) is 5.75. The number of amides is 1. The zero-order valence-electron chi connectivity index (χ0n) is 18.2. The molecule has 1 atom stereocenters. The molecule has 0 fully saturated rings. The Morgan fingerprint density at radius 2 is 1.91 bits per heavy atom. The van der Waals surface area contributed by atoms with Crippen LogP contribution in [0, 0.1) is 6.92 Å². The molecule has 4 rings (SSSR count). The van der Waals surface area contributed by atoms with Gasteiger partial charge in [0, 0.05) is 36.6 Å². The van der Waals surface area contributed by atoms with E-state index in [1.54, 1.807) is 6.92 Å². The molecule has 0 saturated heterocycles. The van der Waals surface area contributed by atoms with Gasteiger partial charge in [0.1, 0.15) is 0 Å². The molecule has 0 aliphatic carbocycles. The fourth-order valence-corrected chi connectivity index (χ4v) is 4.04. The number of anilines is 1. The highest BCUT2D eigenvalue weighted by Gasteiger charge is 2.31. The maximum atomic E-state index is 13.1. The quantitative estimate of drug-likeness (QED) is 0.635. The highest BCUT2D eigenvalue weighted by atomic mass is 19.4. The molecule has 0 bridgehead atoms. The van der Waals surface area contributed by atoms with Crippen LogP contribution in [-0.4, -0.2) is 34.8 Å². The van der Waals surface area contributed by atoms with E-state index in [0.29, 0.717) is 5.69 Å². The van der Waals surface area contributed by atoms with Gasteiger partial charge in [0.05, 0.1) is 11.3 Å². The lowest BCUT2D eigenvalue weighted by molar-refractivity contribution is -0.137. The highest BCUT2D eigenvalue weighted by Crippen LogP contribution is 2.30. The number of carbonyl (C=O) groups excluding carboxylic acids is 1. The number of aromatic nitrogens is 2. The number of benzene rings is 2. The molecule has 2 heterocycles. The molecule has 3 aromatic rings. The van der Waals surface area contributed by atoms with E-state index in [2.05, 4.69) is 21.4 Å². The molecule has 172 valence electrons. The summed E-state index contributed by atoms with van der Waals surface area (Å²) in [7, 11) is 0. The van der Waals surface area contributed by atoms with Crippen LogP contribution in [0.15, 0.2) is 59.4 Å². The number of nitrogens with one attached hydrogen (secondary N) is 1. The Balaban J connectivity index is 1.54. The zero-order valence-corrected chi connectivity index (χ0v) is 18.2. The predicted octanol–water partition coefficient (Wildman–Crippen LogP) is 3.74. The Labute approximate surface area is 188 Å². The smallest absolute Gasteiger partial charge is 0.366 e. The van der Waals surface area contributed by atoms with Gasteiger partial charge in [-0.1, -0.05) is 24.3 Å². The lowest BCUT2D eigenvalue weighted by atomic mass is 10.2. The van der Waals surface area contributed by atoms with Crippen molar-refractivity contribution in [3.63, 3.8) is 0 Å². The molecule has 1 N–H and O–H groups in total. The summed E-state index contributed by atoms with van der Waals surface area (Å²) >= 11 is 0. The van der Waals surface area contributed by atoms with Crippen LogP contribution in [0.2, 0.25) is 0 Å². The second-order valence-electron chi connectivity index (χ2n) is 8.09. The second kappa shape index (κ2) is 8.73. The topological polar surface area (TPSA) is 67.2 Å². The van der Waals surface area contributed by atoms with Crippen LogP contribution in [0.1, 0.15) is 34.2 Å². The molecule has 0 spiro atoms. The molecular weight excluding hydrogens is 433 g/mol. The van der Waals surface area contributed by atoms with Gasteiger partial charge in [-0.25, -0.2) is 4.68 Å². The Kier molecular flexibility index (Phi) is 5.97. The number of carbonyl (C=O) groups is 1. The number of hydrogen-bond acceptors (Lipinski definition) is 4. The summed E-state index contributed by atoms with van der Waals surface area (Å²) in [5, 5.41) is 6.83. The van der Waals surface area contributed by atoms with Gasteiger partial charge in [-0.3, -0.25) is 9.59 Å². The summed E-state index contributed by atoms with van der Waals surface area (Å²) in [5.41, 5.74) is 1.00. The Hall–Kier alpha value is -3.62. The first kappa shape index (κ1) is 22.6. The average molecular weight is 456 g/mol. The van der Waals surface area contributed by atoms with Crippen LogP contribution in [0.25, 0.3) is 5.69 Å². The van der Waals surface area contributed by atoms with Gasteiger partial charge >= 0.3 is 6.18 Å². The first-order valence-corrected chi connectivity index (χ1v) is 10.6. The van der Waals surface area contributed by atoms with Crippen LogP contribution in [0.3, 0.4) is 0 Å². The van der Waals surface area contributed by atoms with E-state index in [-0.39, 0.29) is 24.0 Å². The van der Waals surface area contributed by atoms with Gasteiger partial charge < -0.3 is 10.2 Å². The SMILES string of the molecule is Cc1cc(=O)c(C(=O)NCC(C)N2CCc3ccccc32)nn1-c1cccc(C(F)(F)F)c1. The van der Waals surface area contributed by atoms with Crippen molar-refractivity contribution in [1.82, 2.24) is 15.1 Å². The Morgan fingerprint density at radius 3 is 2.67 bits per heavy atom. The molecule has 1 unspecified atom stereocenters. The van der Waals surface area contributed by atoms with Crippen molar-refractivity contribution in [3.05, 3.63) is 87.3 Å². The lowest BCUT2D eigenvalue weighted by Crippen LogP contribution is -2.43. The van der Waals surface area contributed by atoms with Crippen molar-refractivity contribution in [2.45, 2.75) is 32.5 Å². The molecule has 9 heteroatoms. The maximum Gasteiger partial charge on any atom is 0.416 e. The maximum absolute atomic E-state index is 13.1. The van der Waals surface area contributed by atoms with Gasteiger partial charge in [-0.2, -0.15) is 18.3 Å². The Morgan fingerprint density at radius 1 is 1.15 bits per heavy atom. The Bertz CT molecular complexity index is 1250. The normalized spacial score (nSPS) is 14.2. The summed E-state index contributed by atoms with van der Waals surface area (Å²) in [6.45, 7) is 4.64. The largest absolute Gasteiger partial charge is 0.416 e. The van der Waals surface area contributed by atoms with Crippen LogP contribution < -0.4 is 15.6 Å². The van der Waals surface area contributed by atoms with Gasteiger partial charge in [-0.15, -0.1) is 0 Å². The number of alkyl halides is 3. The third kappa shape index (κ3) is 4.62. The van der Waals surface area contributed by atoms with Gasteiger partial charge in [-0.05, 0) is 50.1 Å². The predicted molar refractivity (Wildman–Crippen MR) is 119 cm³/mol. The fraction of sp³-hybridized carbons (Fsp3) is 0.292. The fourth-order valence-electron chi connectivity index (χ4n) is 4.04. The van der Waals surface area contributed by atoms with Crippen molar-refractivity contribution >= 4 is 11.6 Å². The number of halogens is 3. The molecule has 1 aromatic heterocycles. The summed E-state index contributed by atoms with van der Waals surface area (Å²) in [6.07, 6.45) is -3.59. The molecule has 0 saturated carbocycles. The minimum atomic E-state index is -4.52. The van der Waals surface area contributed by atoms with Crippen LogP contribution in [-0.2, 0) is 12.6 Å². The molecule has 1 aliphatic rings. The molecule has 2 aromatic carbocycles. The zero-order chi connectivity index (χ0) is 23.8. The minimum Gasteiger partial charge on any atom is -0.366 e. The number of hydrogen-bond donors (Lipinski definition) is 1. The van der Waals surface area contributed by atoms with Crippen molar-refractivity contribution in [3.8, 4) is 5.69 Å². The van der Waals surface area contributed by atoms with Gasteiger partial charge in [0.25, 0.3) is 5.91 Å². The molecule has 0 radical (unpaired) electrons. The van der Waals surface area contributed by atoms with E-state index in [9.17, 15) is 22.8 Å². The first-order valence-electron chi connectivity index (χ1n) is 10.6. The summed E-state index contributed by atoms with van der Waals surface area (Å²) in [6, 6.07) is 13.8. The van der Waals surface area contributed by atoms with E-state index in [1.807, 2.05) is 25.1 Å². The number of aryl methyl sites for hydroxylation is 1. The van der Waals surface area contributed by atoms with E-state index < -0.39 is 23.1 Å². The third-order valence-corrected chi connectivity index (χ3v) is 5.75. The van der Waals surface area contributed by atoms with Crippen LogP contribution >= 0.6 is 0 Å². The summed E-state index contributed by atoms with van der Waals surface area (Å²) in [5.74, 6) is -0.667. The molecule has 33 heavy (non-hydrogen) atoms. The molecule has 1 amide bonds. The summed E-state index contributed by atoms with van der Waals surface area (Å²) in [4.78, 5) is 27.4. The minimum absolute atomic E-state index is 0.0197. The number of nitrogens with zero attached hydrogens (tertiary/aromatic N) is 3. The van der Waals surface area contributed by atoms with Crippen molar-refractivity contribution < 1.29 is 18.0 Å². The van der Waals surface area contributed by atoms with Crippen LogP contribution in [0.5, 0.6) is 0 Å². The lowest BCUT2D eigenvalue weighted by Gasteiger charge is -2.27. The van der Waals surface area contributed by atoms with Gasteiger partial charge in [0.2, 0.25) is 5.43 Å². The second-order valence-corrected chi connectivity index (χ2v) is 8.09. The van der Waals surface area contributed by atoms with Crippen LogP contribution in [0.4, 0.5) is 18.9 Å². The van der Waals surface area contributed by atoms with Crippen molar-refractivity contribution in [2.75, 3.05) is 18.0 Å². The van der Waals surface area contributed by atoms with Crippen molar-refractivity contribution in [1.29, 1.82) is 0 Å². The van der Waals surface area contributed by atoms with E-state index in [0.717, 1.165) is 30.8 Å². The number of fused-ring (bicyclic) bond motifs is 1. The average Bonchev–Trinajstić information content (AvgIpc) is 3.21. The van der Waals surface area contributed by atoms with E-state index >= 15 is 0 Å². The standard InChI is InChI=1S/C24H23F3N4O2/c1-15-12-21(32)22(29-31(15)19-8-5-7-18(13-19)24(25,26)27)23(33)28-14-16(2)30-11-10-17-6-3-4-9-20(17)30/h3-9,12-13,16H,10-11,14H2,1-2H3,(H,28,33). The highest BCUT2D eigenvalue weighted by molar-refractivity contribution is 5.92. The number of rotatable bonds is 5. The summed E-state index contributed by atoms with van der Waals surface area (Å²) < 4.78 is 40.5.